The number of alkyl halides is 3. The Labute approximate surface area is 192 Å². The molecule has 2 heterocycles. The monoisotopic (exact) mass is 519 g/mol. The summed E-state index contributed by atoms with van der Waals surface area (Å²) in [5, 5.41) is 11.0. The predicted molar refractivity (Wildman–Crippen MR) is 115 cm³/mol. The van der Waals surface area contributed by atoms with Crippen molar-refractivity contribution in [1.29, 1.82) is 0 Å². The quantitative estimate of drug-likeness (QED) is 0.636. The Hall–Kier alpha value is -2.40. The first kappa shape index (κ1) is 25.9. The van der Waals surface area contributed by atoms with E-state index >= 15 is 0 Å². The van der Waals surface area contributed by atoms with Gasteiger partial charge in [0.25, 0.3) is 0 Å². The van der Waals surface area contributed by atoms with Crippen molar-refractivity contribution in [2.75, 3.05) is 27.2 Å². The number of aryl methyl sites for hydroxylation is 1. The van der Waals surface area contributed by atoms with Gasteiger partial charge in [-0.1, -0.05) is 33.2 Å². The second kappa shape index (κ2) is 11.5. The van der Waals surface area contributed by atoms with Crippen LogP contribution in [0.3, 0.4) is 0 Å². The van der Waals surface area contributed by atoms with Gasteiger partial charge in [0.05, 0.1) is 6.20 Å². The molecular weight excluding hydrogens is 495 g/mol. The highest BCUT2D eigenvalue weighted by molar-refractivity contribution is 9.10. The summed E-state index contributed by atoms with van der Waals surface area (Å²) in [5.74, 6) is -1.81. The topological polar surface area (TPSA) is 86.9 Å². The number of carboxylic acids is 1. The Morgan fingerprint density at radius 3 is 2.34 bits per heavy atom. The number of hydrogen-bond acceptors (Lipinski definition) is 5. The predicted octanol–water partition coefficient (Wildman–Crippen LogP) is 4.22. The summed E-state index contributed by atoms with van der Waals surface area (Å²) in [6.45, 7) is 2.11. The molecule has 1 aliphatic rings. The van der Waals surface area contributed by atoms with E-state index in [1.54, 1.807) is 6.20 Å². The lowest BCUT2D eigenvalue weighted by atomic mass is 10.0. The van der Waals surface area contributed by atoms with E-state index in [0.29, 0.717) is 18.9 Å². The normalized spacial score (nSPS) is 15.1. The number of halogens is 4. The number of hydrogen-bond donors (Lipinski definition) is 1. The average molecular weight is 520 g/mol. The van der Waals surface area contributed by atoms with Crippen molar-refractivity contribution in [1.82, 2.24) is 15.0 Å². The zero-order chi connectivity index (χ0) is 23.9. The van der Waals surface area contributed by atoms with Crippen LogP contribution in [0.15, 0.2) is 39.5 Å². The molecule has 2 aromatic rings. The molecule has 7 nitrogen and oxygen atoms in total. The number of carbonyl (C=O) groups is 2. The van der Waals surface area contributed by atoms with Crippen LogP contribution in [-0.4, -0.2) is 71.3 Å². The van der Waals surface area contributed by atoms with Gasteiger partial charge in [-0.25, -0.2) is 4.79 Å². The lowest BCUT2D eigenvalue weighted by Crippen LogP contribution is -2.44. The van der Waals surface area contributed by atoms with Crippen LogP contribution in [0.4, 0.5) is 13.2 Å². The molecule has 1 saturated heterocycles. The number of rotatable bonds is 5. The minimum Gasteiger partial charge on any atom is -0.475 e. The third kappa shape index (κ3) is 7.63. The molecule has 1 aliphatic heterocycles. The van der Waals surface area contributed by atoms with E-state index in [4.69, 9.17) is 14.4 Å². The summed E-state index contributed by atoms with van der Waals surface area (Å²) >= 11 is 3.44. The summed E-state index contributed by atoms with van der Waals surface area (Å²) in [6.07, 6.45) is -0.134. The van der Waals surface area contributed by atoms with Crippen LogP contribution < -0.4 is 0 Å². The third-order valence-corrected chi connectivity index (χ3v) is 5.76. The SMILES string of the molecule is CN1CCC(N(C)C(=O)CCc2cnoc2-c2ccc(Br)cc2)CC1.O=C(O)C(F)(F)F. The number of aliphatic carboxylic acids is 1. The van der Waals surface area contributed by atoms with E-state index in [0.717, 1.165) is 47.3 Å². The Morgan fingerprint density at radius 2 is 1.81 bits per heavy atom. The Balaban J connectivity index is 0.000000451. The fourth-order valence-electron chi connectivity index (χ4n) is 3.28. The lowest BCUT2D eigenvalue weighted by Gasteiger charge is -2.35. The van der Waals surface area contributed by atoms with Crippen molar-refractivity contribution in [3.8, 4) is 11.3 Å². The molecule has 176 valence electrons. The number of carboxylic acid groups (broad SMARTS) is 1. The smallest absolute Gasteiger partial charge is 0.475 e. The molecule has 1 aromatic carbocycles. The zero-order valence-electron chi connectivity index (χ0n) is 17.7. The van der Waals surface area contributed by atoms with E-state index in [2.05, 4.69) is 33.0 Å². The van der Waals surface area contributed by atoms with Gasteiger partial charge in [0.1, 0.15) is 0 Å². The number of nitrogens with zero attached hydrogens (tertiary/aromatic N) is 3. The van der Waals surface area contributed by atoms with Crippen molar-refractivity contribution in [3.05, 3.63) is 40.5 Å². The highest BCUT2D eigenvalue weighted by atomic mass is 79.9. The number of amides is 1. The maximum atomic E-state index is 12.6. The van der Waals surface area contributed by atoms with Crippen LogP contribution in [-0.2, 0) is 16.0 Å². The van der Waals surface area contributed by atoms with E-state index in [-0.39, 0.29) is 5.91 Å². The fraction of sp³-hybridized carbons (Fsp3) is 0.476. The second-order valence-corrected chi connectivity index (χ2v) is 8.44. The molecule has 1 N–H and O–H groups in total. The second-order valence-electron chi connectivity index (χ2n) is 7.53. The maximum absolute atomic E-state index is 12.6. The van der Waals surface area contributed by atoms with Crippen molar-refractivity contribution in [3.63, 3.8) is 0 Å². The fourth-order valence-corrected chi connectivity index (χ4v) is 3.55. The molecule has 3 rings (SSSR count). The molecule has 0 aliphatic carbocycles. The highest BCUT2D eigenvalue weighted by Crippen LogP contribution is 2.26. The number of aromatic nitrogens is 1. The molecule has 0 radical (unpaired) electrons. The Bertz CT molecular complexity index is 894. The first-order chi connectivity index (χ1) is 15.0. The molecule has 11 heteroatoms. The molecule has 0 unspecified atom stereocenters. The summed E-state index contributed by atoms with van der Waals surface area (Å²) in [7, 11) is 4.06. The van der Waals surface area contributed by atoms with Gasteiger partial charge in [-0.15, -0.1) is 0 Å². The van der Waals surface area contributed by atoms with Gasteiger partial charge in [-0.05, 0) is 51.5 Å². The molecule has 1 amide bonds. The van der Waals surface area contributed by atoms with Gasteiger partial charge in [-0.2, -0.15) is 13.2 Å². The minimum absolute atomic E-state index is 0.192. The van der Waals surface area contributed by atoms with Crippen molar-refractivity contribution in [2.24, 2.45) is 0 Å². The van der Waals surface area contributed by atoms with Crippen LogP contribution >= 0.6 is 15.9 Å². The van der Waals surface area contributed by atoms with Crippen molar-refractivity contribution >= 4 is 27.8 Å². The Kier molecular flexibility index (Phi) is 9.26. The van der Waals surface area contributed by atoms with Gasteiger partial charge in [0.2, 0.25) is 5.91 Å². The van der Waals surface area contributed by atoms with E-state index < -0.39 is 12.1 Å². The van der Waals surface area contributed by atoms with Crippen LogP contribution in [0.25, 0.3) is 11.3 Å². The van der Waals surface area contributed by atoms with E-state index in [1.807, 2.05) is 36.2 Å². The van der Waals surface area contributed by atoms with Gasteiger partial charge in [0.15, 0.2) is 5.76 Å². The van der Waals surface area contributed by atoms with Crippen LogP contribution in [0, 0.1) is 0 Å². The molecule has 0 spiro atoms. The molecule has 0 bridgehead atoms. The summed E-state index contributed by atoms with van der Waals surface area (Å²) < 4.78 is 38.2. The van der Waals surface area contributed by atoms with E-state index in [9.17, 15) is 18.0 Å². The third-order valence-electron chi connectivity index (χ3n) is 5.23. The average Bonchev–Trinajstić information content (AvgIpc) is 3.21. The summed E-state index contributed by atoms with van der Waals surface area (Å²) in [5.41, 5.74) is 1.96. The first-order valence-electron chi connectivity index (χ1n) is 9.93. The summed E-state index contributed by atoms with van der Waals surface area (Å²) in [6, 6.07) is 8.28. The number of carbonyl (C=O) groups excluding carboxylic acids is 1. The van der Waals surface area contributed by atoms with Crippen molar-refractivity contribution < 1.29 is 32.4 Å². The molecule has 1 aromatic heterocycles. The van der Waals surface area contributed by atoms with E-state index in [1.165, 1.54) is 0 Å². The molecular formula is C21H25BrF3N3O4. The Morgan fingerprint density at radius 1 is 1.25 bits per heavy atom. The van der Waals surface area contributed by atoms with Gasteiger partial charge >= 0.3 is 12.1 Å². The largest absolute Gasteiger partial charge is 0.490 e. The van der Waals surface area contributed by atoms with Gasteiger partial charge < -0.3 is 19.4 Å². The molecule has 32 heavy (non-hydrogen) atoms. The highest BCUT2D eigenvalue weighted by Gasteiger charge is 2.38. The zero-order valence-corrected chi connectivity index (χ0v) is 19.3. The van der Waals surface area contributed by atoms with Gasteiger partial charge in [-0.3, -0.25) is 4.79 Å². The number of piperidine rings is 1. The van der Waals surface area contributed by atoms with Crippen LogP contribution in [0.2, 0.25) is 0 Å². The minimum atomic E-state index is -5.08. The standard InChI is InChI=1S/C19H24BrN3O2.C2HF3O2/c1-22-11-9-17(10-12-22)23(2)18(24)8-5-15-13-21-25-19(15)14-3-6-16(20)7-4-14;3-2(4,5)1(6)7/h3-4,6-7,13,17H,5,8-12H2,1-2H3;(H,6,7). The number of likely N-dealkylation sites (tertiary alicyclic amines) is 1. The first-order valence-corrected chi connectivity index (χ1v) is 10.7. The van der Waals surface area contributed by atoms with Crippen molar-refractivity contribution in [2.45, 2.75) is 37.9 Å². The molecule has 1 fully saturated rings. The van der Waals surface area contributed by atoms with Crippen LogP contribution in [0.1, 0.15) is 24.8 Å². The molecule has 0 atom stereocenters. The lowest BCUT2D eigenvalue weighted by molar-refractivity contribution is -0.192. The maximum Gasteiger partial charge on any atom is 0.490 e. The number of benzene rings is 1. The van der Waals surface area contributed by atoms with Crippen LogP contribution in [0.5, 0.6) is 0 Å². The molecule has 0 saturated carbocycles. The van der Waals surface area contributed by atoms with Gasteiger partial charge in [0, 0.05) is 35.1 Å². The summed E-state index contributed by atoms with van der Waals surface area (Å²) in [4.78, 5) is 25.7.